The first kappa shape index (κ1) is 9.72. The quantitative estimate of drug-likeness (QED) is 0.627. The van der Waals surface area contributed by atoms with Crippen LogP contribution in [0.5, 0.6) is 0 Å². The lowest BCUT2D eigenvalue weighted by Gasteiger charge is -2.17. The fraction of sp³-hybridized carbons (Fsp3) is 0.900. The maximum Gasteiger partial charge on any atom is 0.136 e. The molecule has 0 N–H and O–H groups in total. The number of likely N-dealkylation sites (tertiary alicyclic amines) is 1. The van der Waals surface area contributed by atoms with Gasteiger partial charge in [-0.3, -0.25) is 4.79 Å². The van der Waals surface area contributed by atoms with Crippen molar-refractivity contribution in [3.8, 4) is 0 Å². The molecule has 0 aromatic heterocycles. The van der Waals surface area contributed by atoms with Crippen LogP contribution in [0.15, 0.2) is 0 Å². The fourth-order valence-electron chi connectivity index (χ4n) is 1.88. The molecule has 1 heterocycles. The van der Waals surface area contributed by atoms with Crippen molar-refractivity contribution in [1.82, 2.24) is 4.90 Å². The molecule has 1 rings (SSSR count). The van der Waals surface area contributed by atoms with Gasteiger partial charge in [0.25, 0.3) is 0 Å². The van der Waals surface area contributed by atoms with Crippen molar-refractivity contribution in [2.75, 3.05) is 20.1 Å². The zero-order chi connectivity index (χ0) is 8.97. The van der Waals surface area contributed by atoms with Crippen molar-refractivity contribution in [2.45, 2.75) is 32.6 Å². The van der Waals surface area contributed by atoms with Crippen LogP contribution in [0.25, 0.3) is 0 Å². The Morgan fingerprint density at radius 2 is 2.25 bits per heavy atom. The topological polar surface area (TPSA) is 20.3 Å². The summed E-state index contributed by atoms with van der Waals surface area (Å²) in [7, 11) is 2.11. The minimum atomic E-state index is 0.322. The van der Waals surface area contributed by atoms with Crippen molar-refractivity contribution < 1.29 is 4.79 Å². The van der Waals surface area contributed by atoms with Crippen LogP contribution in [0.4, 0.5) is 0 Å². The second kappa shape index (κ2) is 4.61. The molecule has 0 radical (unpaired) electrons. The van der Waals surface area contributed by atoms with E-state index in [1.807, 2.05) is 6.92 Å². The van der Waals surface area contributed by atoms with Crippen LogP contribution < -0.4 is 0 Å². The third-order valence-electron chi connectivity index (χ3n) is 2.68. The van der Waals surface area contributed by atoms with Gasteiger partial charge in [-0.15, -0.1) is 0 Å². The van der Waals surface area contributed by atoms with E-state index in [-0.39, 0.29) is 0 Å². The average Bonchev–Trinajstić information content (AvgIpc) is 2.28. The highest BCUT2D eigenvalue weighted by Crippen LogP contribution is 2.17. The Kier molecular flexibility index (Phi) is 3.73. The third-order valence-corrected chi connectivity index (χ3v) is 2.68. The third kappa shape index (κ3) is 2.59. The molecule has 1 aliphatic heterocycles. The van der Waals surface area contributed by atoms with E-state index in [1.165, 1.54) is 12.8 Å². The lowest BCUT2D eigenvalue weighted by molar-refractivity contribution is -0.123. The standard InChI is InChI=1S/C10H19NO/c1-3-10(12)9-6-4-5-7-11(2)8-9/h9H,3-8H2,1-2H3. The minimum Gasteiger partial charge on any atom is -0.306 e. The Bertz CT molecular complexity index is 156. The van der Waals surface area contributed by atoms with E-state index >= 15 is 0 Å². The monoisotopic (exact) mass is 169 g/mol. The molecule has 2 heteroatoms. The number of ketones is 1. The molecular formula is C10H19NO. The summed E-state index contributed by atoms with van der Waals surface area (Å²) in [5.41, 5.74) is 0. The van der Waals surface area contributed by atoms with Crippen molar-refractivity contribution >= 4 is 5.78 Å². The Hall–Kier alpha value is -0.370. The average molecular weight is 169 g/mol. The van der Waals surface area contributed by atoms with E-state index in [1.54, 1.807) is 0 Å². The molecule has 1 saturated heterocycles. The van der Waals surface area contributed by atoms with Gasteiger partial charge in [0.1, 0.15) is 5.78 Å². The van der Waals surface area contributed by atoms with E-state index in [0.717, 1.165) is 19.5 Å². The van der Waals surface area contributed by atoms with Gasteiger partial charge in [-0.1, -0.05) is 13.3 Å². The lowest BCUT2D eigenvalue weighted by Crippen LogP contribution is -2.28. The van der Waals surface area contributed by atoms with Crippen molar-refractivity contribution in [3.63, 3.8) is 0 Å². The van der Waals surface area contributed by atoms with Gasteiger partial charge < -0.3 is 4.90 Å². The predicted octanol–water partition coefficient (Wildman–Crippen LogP) is 1.70. The second-order valence-corrected chi connectivity index (χ2v) is 3.77. The molecule has 1 atom stereocenters. The molecule has 0 aromatic rings. The molecule has 70 valence electrons. The molecule has 1 unspecified atom stereocenters. The summed E-state index contributed by atoms with van der Waals surface area (Å²) in [5.74, 6) is 0.770. The highest BCUT2D eigenvalue weighted by Gasteiger charge is 2.20. The lowest BCUT2D eigenvalue weighted by atomic mass is 9.97. The van der Waals surface area contributed by atoms with Gasteiger partial charge in [0.15, 0.2) is 0 Å². The maximum absolute atomic E-state index is 11.4. The summed E-state index contributed by atoms with van der Waals surface area (Å²) >= 11 is 0. The SMILES string of the molecule is CCC(=O)C1CCCCN(C)C1. The summed E-state index contributed by atoms with van der Waals surface area (Å²) < 4.78 is 0. The van der Waals surface area contributed by atoms with Crippen molar-refractivity contribution in [2.24, 2.45) is 5.92 Å². The second-order valence-electron chi connectivity index (χ2n) is 3.77. The van der Waals surface area contributed by atoms with Gasteiger partial charge in [0.05, 0.1) is 0 Å². The van der Waals surface area contributed by atoms with Gasteiger partial charge in [-0.25, -0.2) is 0 Å². The smallest absolute Gasteiger partial charge is 0.136 e. The van der Waals surface area contributed by atoms with E-state index < -0.39 is 0 Å². The van der Waals surface area contributed by atoms with Crippen LogP contribution in [0, 0.1) is 5.92 Å². The number of carbonyl (C=O) groups excluding carboxylic acids is 1. The van der Waals surface area contributed by atoms with Crippen molar-refractivity contribution in [1.29, 1.82) is 0 Å². The minimum absolute atomic E-state index is 0.322. The van der Waals surface area contributed by atoms with Crippen LogP contribution in [-0.2, 0) is 4.79 Å². The van der Waals surface area contributed by atoms with Crippen LogP contribution in [0.3, 0.4) is 0 Å². The largest absolute Gasteiger partial charge is 0.306 e. The normalized spacial score (nSPS) is 26.7. The van der Waals surface area contributed by atoms with E-state index in [0.29, 0.717) is 18.1 Å². The number of hydrogen-bond donors (Lipinski definition) is 0. The number of nitrogens with zero attached hydrogens (tertiary/aromatic N) is 1. The van der Waals surface area contributed by atoms with Crippen LogP contribution >= 0.6 is 0 Å². The van der Waals surface area contributed by atoms with Gasteiger partial charge in [-0.05, 0) is 26.4 Å². The first-order valence-corrected chi connectivity index (χ1v) is 4.95. The first-order chi connectivity index (χ1) is 5.74. The highest BCUT2D eigenvalue weighted by molar-refractivity contribution is 5.80. The van der Waals surface area contributed by atoms with E-state index in [9.17, 15) is 4.79 Å². The first-order valence-electron chi connectivity index (χ1n) is 4.95. The highest BCUT2D eigenvalue weighted by atomic mass is 16.1. The summed E-state index contributed by atoms with van der Waals surface area (Å²) in [4.78, 5) is 13.7. The van der Waals surface area contributed by atoms with Gasteiger partial charge >= 0.3 is 0 Å². The summed E-state index contributed by atoms with van der Waals surface area (Å²) in [6.45, 7) is 4.10. The Morgan fingerprint density at radius 1 is 1.50 bits per heavy atom. The molecule has 0 aromatic carbocycles. The summed E-state index contributed by atoms with van der Waals surface area (Å²) in [6.07, 6.45) is 4.29. The number of carbonyl (C=O) groups is 1. The predicted molar refractivity (Wildman–Crippen MR) is 50.1 cm³/mol. The Labute approximate surface area is 74.9 Å². The van der Waals surface area contributed by atoms with E-state index in [2.05, 4.69) is 11.9 Å². The van der Waals surface area contributed by atoms with Crippen LogP contribution in [0.2, 0.25) is 0 Å². The maximum atomic E-state index is 11.4. The molecule has 1 aliphatic rings. The molecular weight excluding hydrogens is 150 g/mol. The molecule has 0 spiro atoms. The molecule has 12 heavy (non-hydrogen) atoms. The van der Waals surface area contributed by atoms with E-state index in [4.69, 9.17) is 0 Å². The number of Topliss-reactive ketones (excluding diaryl/α,β-unsaturated/α-hetero) is 1. The number of hydrogen-bond acceptors (Lipinski definition) is 2. The van der Waals surface area contributed by atoms with Crippen LogP contribution in [-0.4, -0.2) is 30.8 Å². The Morgan fingerprint density at radius 3 is 2.92 bits per heavy atom. The summed E-state index contributed by atoms with van der Waals surface area (Å²) in [6, 6.07) is 0. The molecule has 0 amide bonds. The molecule has 0 aliphatic carbocycles. The molecule has 0 saturated carbocycles. The van der Waals surface area contributed by atoms with Gasteiger partial charge in [0, 0.05) is 18.9 Å². The molecule has 2 nitrogen and oxygen atoms in total. The van der Waals surface area contributed by atoms with Gasteiger partial charge in [0.2, 0.25) is 0 Å². The van der Waals surface area contributed by atoms with Gasteiger partial charge in [-0.2, -0.15) is 0 Å². The Balaban J connectivity index is 2.46. The van der Waals surface area contributed by atoms with Crippen molar-refractivity contribution in [3.05, 3.63) is 0 Å². The molecule has 1 fully saturated rings. The zero-order valence-corrected chi connectivity index (χ0v) is 8.18. The summed E-state index contributed by atoms with van der Waals surface area (Å²) in [5, 5.41) is 0. The van der Waals surface area contributed by atoms with Crippen LogP contribution in [0.1, 0.15) is 32.6 Å². The fourth-order valence-corrected chi connectivity index (χ4v) is 1.88. The zero-order valence-electron chi connectivity index (χ0n) is 8.18. The molecule has 0 bridgehead atoms. The number of rotatable bonds is 2.